The van der Waals surface area contributed by atoms with Crippen molar-refractivity contribution < 1.29 is 4.74 Å². The number of nitrogens with one attached hydrogen (secondary N) is 1. The molecule has 5 heteroatoms. The zero-order chi connectivity index (χ0) is 15.1. The summed E-state index contributed by atoms with van der Waals surface area (Å²) in [5.41, 5.74) is 0.911. The van der Waals surface area contributed by atoms with E-state index in [1.54, 1.807) is 0 Å². The van der Waals surface area contributed by atoms with Crippen molar-refractivity contribution in [2.45, 2.75) is 64.9 Å². The normalized spacial score (nSPS) is 16.1. The minimum Gasteiger partial charge on any atom is -0.376 e. The topological polar surface area (TPSA) is 47.0 Å². The van der Waals surface area contributed by atoms with Gasteiger partial charge in [-0.3, -0.25) is 0 Å². The summed E-state index contributed by atoms with van der Waals surface area (Å²) in [6.07, 6.45) is 8.70. The second kappa shape index (κ2) is 8.54. The van der Waals surface area contributed by atoms with E-state index in [2.05, 4.69) is 22.2 Å². The fourth-order valence-electron chi connectivity index (χ4n) is 2.67. The molecule has 0 radical (unpaired) electrons. The number of anilines is 1. The predicted octanol–water partition coefficient (Wildman–Crippen LogP) is 4.15. The third kappa shape index (κ3) is 5.11. The number of hydrogen-bond donors (Lipinski definition) is 1. The Bertz CT molecular complexity index is 447. The van der Waals surface area contributed by atoms with Crippen molar-refractivity contribution in [3.63, 3.8) is 0 Å². The molecule has 1 aliphatic carbocycles. The molecule has 1 saturated carbocycles. The van der Waals surface area contributed by atoms with Crippen molar-refractivity contribution in [2.75, 3.05) is 18.5 Å². The molecule has 1 fully saturated rings. The lowest BCUT2D eigenvalue weighted by Crippen LogP contribution is -2.21. The Morgan fingerprint density at radius 1 is 1.24 bits per heavy atom. The number of halogens is 1. The van der Waals surface area contributed by atoms with Crippen molar-refractivity contribution in [1.29, 1.82) is 0 Å². The lowest BCUT2D eigenvalue weighted by Gasteiger charge is -2.22. The maximum absolute atomic E-state index is 6.17. The molecule has 0 spiro atoms. The molecule has 0 aromatic carbocycles. The van der Waals surface area contributed by atoms with Crippen LogP contribution in [0.4, 0.5) is 5.82 Å². The fourth-order valence-corrected chi connectivity index (χ4v) is 2.85. The minimum absolute atomic E-state index is 0.450. The number of aryl methyl sites for hydroxylation is 1. The van der Waals surface area contributed by atoms with Crippen LogP contribution in [0.25, 0.3) is 0 Å². The molecule has 0 atom stereocenters. The first-order valence-electron chi connectivity index (χ1n) is 8.09. The largest absolute Gasteiger partial charge is 0.376 e. The third-order valence-electron chi connectivity index (χ3n) is 3.91. The van der Waals surface area contributed by atoms with E-state index >= 15 is 0 Å². The highest BCUT2D eigenvalue weighted by Gasteiger charge is 2.13. The Labute approximate surface area is 132 Å². The molecule has 1 N–H and O–H groups in total. The van der Waals surface area contributed by atoms with Gasteiger partial charge in [-0.1, -0.05) is 37.8 Å². The van der Waals surface area contributed by atoms with Crippen LogP contribution in [0.1, 0.15) is 56.8 Å². The highest BCUT2D eigenvalue weighted by Crippen LogP contribution is 2.21. The Morgan fingerprint density at radius 3 is 2.71 bits per heavy atom. The monoisotopic (exact) mass is 311 g/mol. The number of ether oxygens (including phenoxy) is 1. The molecule has 2 rings (SSSR count). The van der Waals surface area contributed by atoms with E-state index in [1.807, 2.05) is 6.92 Å². The van der Waals surface area contributed by atoms with Crippen molar-refractivity contribution in [1.82, 2.24) is 9.97 Å². The summed E-state index contributed by atoms with van der Waals surface area (Å²) < 4.78 is 5.91. The van der Waals surface area contributed by atoms with E-state index < -0.39 is 0 Å². The quantitative estimate of drug-likeness (QED) is 0.607. The first kappa shape index (κ1) is 16.5. The molecule has 1 heterocycles. The van der Waals surface area contributed by atoms with Gasteiger partial charge in [0.1, 0.15) is 16.8 Å². The fraction of sp³-hybridized carbons (Fsp3) is 0.750. The Hall–Kier alpha value is -0.870. The smallest absolute Gasteiger partial charge is 0.137 e. The van der Waals surface area contributed by atoms with Crippen LogP contribution in [-0.2, 0) is 11.2 Å². The van der Waals surface area contributed by atoms with Crippen LogP contribution in [0.3, 0.4) is 0 Å². The number of nitrogens with zero attached hydrogens (tertiary/aromatic N) is 2. The molecule has 0 aliphatic heterocycles. The van der Waals surface area contributed by atoms with Gasteiger partial charge in [0.2, 0.25) is 0 Å². The molecule has 1 aromatic rings. The molecule has 1 aliphatic rings. The number of aromatic nitrogens is 2. The third-order valence-corrected chi connectivity index (χ3v) is 4.27. The summed E-state index contributed by atoms with van der Waals surface area (Å²) in [4.78, 5) is 8.85. The van der Waals surface area contributed by atoms with Gasteiger partial charge < -0.3 is 10.1 Å². The Kier molecular flexibility index (Phi) is 6.71. The first-order valence-corrected chi connectivity index (χ1v) is 8.47. The second-order valence-corrected chi connectivity index (χ2v) is 6.07. The second-order valence-electron chi connectivity index (χ2n) is 5.71. The van der Waals surface area contributed by atoms with E-state index in [9.17, 15) is 0 Å². The van der Waals surface area contributed by atoms with Gasteiger partial charge in [-0.15, -0.1) is 0 Å². The maximum atomic E-state index is 6.17. The standard InChI is InChI=1S/C16H26ClN3O/c1-3-7-14-19-15(17)12(2)16(20-14)18-10-11-21-13-8-5-4-6-9-13/h13H,3-11H2,1-2H3,(H,18,19,20). The molecule has 21 heavy (non-hydrogen) atoms. The molecule has 1 aromatic heterocycles. The molecule has 0 bridgehead atoms. The van der Waals surface area contributed by atoms with Gasteiger partial charge in [-0.25, -0.2) is 9.97 Å². The Morgan fingerprint density at radius 2 is 2.00 bits per heavy atom. The number of rotatable bonds is 7. The van der Waals surface area contributed by atoms with E-state index in [0.29, 0.717) is 11.3 Å². The summed E-state index contributed by atoms with van der Waals surface area (Å²) in [5.74, 6) is 1.65. The molecule has 0 amide bonds. The van der Waals surface area contributed by atoms with E-state index in [1.165, 1.54) is 32.1 Å². The van der Waals surface area contributed by atoms with Crippen molar-refractivity contribution in [3.8, 4) is 0 Å². The highest BCUT2D eigenvalue weighted by atomic mass is 35.5. The SMILES string of the molecule is CCCc1nc(Cl)c(C)c(NCCOC2CCCCC2)n1. The first-order chi connectivity index (χ1) is 10.2. The summed E-state index contributed by atoms with van der Waals surface area (Å²) in [5, 5.41) is 3.88. The van der Waals surface area contributed by atoms with E-state index in [0.717, 1.165) is 43.2 Å². The van der Waals surface area contributed by atoms with Gasteiger partial charge >= 0.3 is 0 Å². The Balaban J connectivity index is 1.81. The molecule has 0 unspecified atom stereocenters. The van der Waals surface area contributed by atoms with Crippen LogP contribution in [0.15, 0.2) is 0 Å². The molecular weight excluding hydrogens is 286 g/mol. The average molecular weight is 312 g/mol. The molecule has 0 saturated heterocycles. The molecule has 4 nitrogen and oxygen atoms in total. The van der Waals surface area contributed by atoms with Gasteiger partial charge in [-0.2, -0.15) is 0 Å². The van der Waals surface area contributed by atoms with Crippen LogP contribution >= 0.6 is 11.6 Å². The zero-order valence-corrected chi connectivity index (χ0v) is 13.9. The van der Waals surface area contributed by atoms with Gasteiger partial charge in [0, 0.05) is 18.5 Å². The van der Waals surface area contributed by atoms with Gasteiger partial charge in [-0.05, 0) is 26.2 Å². The lowest BCUT2D eigenvalue weighted by molar-refractivity contribution is 0.0347. The van der Waals surface area contributed by atoms with Gasteiger partial charge in [0.05, 0.1) is 12.7 Å². The van der Waals surface area contributed by atoms with Crippen LogP contribution in [-0.4, -0.2) is 29.2 Å². The van der Waals surface area contributed by atoms with Crippen LogP contribution in [0.5, 0.6) is 0 Å². The molecule has 118 valence electrons. The van der Waals surface area contributed by atoms with Crippen LogP contribution in [0.2, 0.25) is 5.15 Å². The highest BCUT2D eigenvalue weighted by molar-refractivity contribution is 6.30. The maximum Gasteiger partial charge on any atom is 0.137 e. The summed E-state index contributed by atoms with van der Waals surface area (Å²) in [6.45, 7) is 5.54. The number of hydrogen-bond acceptors (Lipinski definition) is 4. The van der Waals surface area contributed by atoms with Crippen molar-refractivity contribution >= 4 is 17.4 Å². The summed E-state index contributed by atoms with van der Waals surface area (Å²) >= 11 is 6.17. The van der Waals surface area contributed by atoms with Crippen molar-refractivity contribution in [2.24, 2.45) is 0 Å². The zero-order valence-electron chi connectivity index (χ0n) is 13.1. The van der Waals surface area contributed by atoms with E-state index in [-0.39, 0.29) is 0 Å². The van der Waals surface area contributed by atoms with Crippen LogP contribution < -0.4 is 5.32 Å². The minimum atomic E-state index is 0.450. The summed E-state index contributed by atoms with van der Waals surface area (Å²) in [6, 6.07) is 0. The van der Waals surface area contributed by atoms with Crippen LogP contribution in [0, 0.1) is 6.92 Å². The summed E-state index contributed by atoms with van der Waals surface area (Å²) in [7, 11) is 0. The van der Waals surface area contributed by atoms with Crippen molar-refractivity contribution in [3.05, 3.63) is 16.5 Å². The van der Waals surface area contributed by atoms with Gasteiger partial charge in [0.25, 0.3) is 0 Å². The van der Waals surface area contributed by atoms with E-state index in [4.69, 9.17) is 16.3 Å². The predicted molar refractivity (Wildman–Crippen MR) is 87.1 cm³/mol. The average Bonchev–Trinajstić information content (AvgIpc) is 2.49. The lowest BCUT2D eigenvalue weighted by atomic mass is 9.98. The van der Waals surface area contributed by atoms with Gasteiger partial charge in [0.15, 0.2) is 0 Å². The molecular formula is C16H26ClN3O.